The van der Waals surface area contributed by atoms with Gasteiger partial charge in [-0.3, -0.25) is 0 Å². The first-order valence-electron chi connectivity index (χ1n) is 11.0. The molecule has 2 unspecified atom stereocenters. The molecule has 0 N–H and O–H groups in total. The van der Waals surface area contributed by atoms with Crippen LogP contribution in [0.3, 0.4) is 0 Å². The second-order valence-electron chi connectivity index (χ2n) is 10.4. The molecule has 0 radical (unpaired) electrons. The van der Waals surface area contributed by atoms with E-state index in [4.69, 9.17) is 0 Å². The Morgan fingerprint density at radius 1 is 0.656 bits per heavy atom. The van der Waals surface area contributed by atoms with Gasteiger partial charge >= 0.3 is 184 Å². The van der Waals surface area contributed by atoms with Crippen molar-refractivity contribution >= 4 is 43.8 Å². The second kappa shape index (κ2) is 8.88. The van der Waals surface area contributed by atoms with E-state index in [9.17, 15) is 0 Å². The Morgan fingerprint density at radius 3 is 1.94 bits per heavy atom. The predicted octanol–water partition coefficient (Wildman–Crippen LogP) is 8.15. The molecule has 3 aromatic rings. The van der Waals surface area contributed by atoms with Crippen molar-refractivity contribution in [3.8, 4) is 11.1 Å². The molecule has 2 aliphatic carbocycles. The summed E-state index contributed by atoms with van der Waals surface area (Å²) in [6, 6.07) is 26.9. The summed E-state index contributed by atoms with van der Waals surface area (Å²) in [7, 11) is 0. The van der Waals surface area contributed by atoms with Gasteiger partial charge < -0.3 is 0 Å². The summed E-state index contributed by atoms with van der Waals surface area (Å²) in [4.78, 5) is 0. The maximum absolute atomic E-state index is 3.32. The molecule has 0 amide bonds. The monoisotopic (exact) mass is 556 g/mol. The van der Waals surface area contributed by atoms with Gasteiger partial charge in [0.1, 0.15) is 0 Å². The number of hydrogen-bond donors (Lipinski definition) is 0. The maximum Gasteiger partial charge on any atom is -0.147 e. The standard InChI is InChI=1S/C16H13.C10H9.2CH3.2ClH.H2Si.Zr/c1-12-10-14-8-5-9-15(16(14)11-12)13-6-3-2-4-7-13;1-8-6-9-4-2-3-5-10(9)7-8;;;;;;/h2-11H,1H3;2-7H,1H3;2*1H3;2*1H;1H2;. The van der Waals surface area contributed by atoms with E-state index in [2.05, 4.69) is 115 Å². The van der Waals surface area contributed by atoms with Crippen LogP contribution in [0, 0.1) is 0 Å². The van der Waals surface area contributed by atoms with Crippen molar-refractivity contribution in [3.05, 3.63) is 106 Å². The molecule has 3 aromatic carbocycles. The summed E-state index contributed by atoms with van der Waals surface area (Å²) in [5.41, 5.74) is 11.9. The number of benzene rings is 3. The van der Waals surface area contributed by atoms with Crippen molar-refractivity contribution in [1.29, 1.82) is 0 Å². The molecular weight excluding hydrogens is 527 g/mol. The molecule has 2 atom stereocenters. The summed E-state index contributed by atoms with van der Waals surface area (Å²) in [6.45, 7) is 7.17. The number of hydrogen-bond acceptors (Lipinski definition) is 0. The normalized spacial score (nSPS) is 19.2. The van der Waals surface area contributed by atoms with E-state index in [0.717, 1.165) is 0 Å². The van der Waals surface area contributed by atoms with Gasteiger partial charge in [-0.25, -0.2) is 0 Å². The quantitative estimate of drug-likeness (QED) is 0.285. The van der Waals surface area contributed by atoms with Gasteiger partial charge in [-0.2, -0.15) is 0 Å². The third-order valence-corrected chi connectivity index (χ3v) is 25.3. The van der Waals surface area contributed by atoms with Gasteiger partial charge in [-0.05, 0) is 0 Å². The van der Waals surface area contributed by atoms with Crippen LogP contribution in [0.5, 0.6) is 0 Å². The Hall–Kier alpha value is -1.18. The van der Waals surface area contributed by atoms with Crippen LogP contribution in [0.4, 0.5) is 0 Å². The van der Waals surface area contributed by atoms with Crippen LogP contribution in [0.2, 0.25) is 9.26 Å². The van der Waals surface area contributed by atoms with Crippen molar-refractivity contribution in [3.63, 3.8) is 0 Å². The Labute approximate surface area is 207 Å². The average Bonchev–Trinajstić information content (AvgIpc) is 3.24. The van der Waals surface area contributed by atoms with Gasteiger partial charge in [0.15, 0.2) is 0 Å². The number of allylic oxidation sites excluding steroid dienone is 2. The van der Waals surface area contributed by atoms with E-state index in [1.807, 2.05) is 0 Å². The van der Waals surface area contributed by atoms with E-state index in [-0.39, 0.29) is 24.8 Å². The SMILES string of the molecule is CC1=Cc2ccccc2[CH]1[Zr]([CH3])([CH3])(=[SiH2])[CH]1C(C)=Cc2c(-c3ccccc3)cccc21.Cl.Cl. The first-order valence-corrected chi connectivity index (χ1v) is 24.6. The molecule has 0 aromatic heterocycles. The molecule has 0 spiro atoms. The van der Waals surface area contributed by atoms with Gasteiger partial charge in [0.25, 0.3) is 0 Å². The second-order valence-corrected chi connectivity index (χ2v) is 40.9. The van der Waals surface area contributed by atoms with Gasteiger partial charge in [0, 0.05) is 0 Å². The van der Waals surface area contributed by atoms with Crippen LogP contribution in [0.25, 0.3) is 23.3 Å². The van der Waals surface area contributed by atoms with Crippen LogP contribution < -0.4 is 0 Å². The van der Waals surface area contributed by atoms with E-state index in [1.54, 1.807) is 22.3 Å². The zero-order chi connectivity index (χ0) is 21.1. The predicted molar refractivity (Wildman–Crippen MR) is 146 cm³/mol. The fourth-order valence-corrected chi connectivity index (χ4v) is 27.9. The zero-order valence-electron chi connectivity index (χ0n) is 19.3. The first-order chi connectivity index (χ1) is 14.3. The Kier molecular flexibility index (Phi) is 7.06. The first kappa shape index (κ1) is 25.4. The van der Waals surface area contributed by atoms with Crippen molar-refractivity contribution in [2.24, 2.45) is 0 Å². The molecule has 4 heteroatoms. The molecule has 0 saturated carbocycles. The molecule has 0 nitrogen and oxygen atoms in total. The van der Waals surface area contributed by atoms with Crippen molar-refractivity contribution in [2.45, 2.75) is 30.4 Å². The largest absolute Gasteiger partial charge is 0.147 e. The van der Waals surface area contributed by atoms with E-state index in [0.29, 0.717) is 7.25 Å². The molecule has 166 valence electrons. The van der Waals surface area contributed by atoms with Crippen LogP contribution in [0.15, 0.2) is 83.9 Å². The molecule has 0 heterocycles. The maximum atomic E-state index is 2.70. The molecule has 0 aliphatic heterocycles. The van der Waals surface area contributed by atoms with Crippen molar-refractivity contribution in [2.75, 3.05) is 0 Å². The average molecular weight is 559 g/mol. The van der Waals surface area contributed by atoms with Gasteiger partial charge in [0.05, 0.1) is 0 Å². The third kappa shape index (κ3) is 3.88. The van der Waals surface area contributed by atoms with Gasteiger partial charge in [-0.1, -0.05) is 0 Å². The third-order valence-electron chi connectivity index (χ3n) is 7.40. The number of rotatable bonds is 3. The number of halogens is 2. The summed E-state index contributed by atoms with van der Waals surface area (Å²) < 4.78 is 6.61. The number of fused-ring (bicyclic) bond motifs is 2. The topological polar surface area (TPSA) is 0 Å². The van der Waals surface area contributed by atoms with Crippen LogP contribution in [0.1, 0.15) is 43.4 Å². The fourth-order valence-electron chi connectivity index (χ4n) is 6.58. The Morgan fingerprint density at radius 2 is 1.22 bits per heavy atom. The molecule has 5 rings (SSSR count). The molecule has 0 fully saturated rings. The minimum Gasteiger partial charge on any atom is -0.147 e. The van der Waals surface area contributed by atoms with Gasteiger partial charge in [0.2, 0.25) is 0 Å². The molecule has 32 heavy (non-hydrogen) atoms. The van der Waals surface area contributed by atoms with Crippen LogP contribution in [-0.4, -0.2) is 6.88 Å². The summed E-state index contributed by atoms with van der Waals surface area (Å²) in [5.74, 6) is 0. The zero-order valence-corrected chi connectivity index (χ0v) is 24.8. The summed E-state index contributed by atoms with van der Waals surface area (Å²) in [5, 5.41) is 0. The van der Waals surface area contributed by atoms with Gasteiger partial charge in [-0.15, -0.1) is 24.8 Å². The van der Waals surface area contributed by atoms with Crippen molar-refractivity contribution < 1.29 is 17.4 Å². The molecule has 2 aliphatic rings. The van der Waals surface area contributed by atoms with E-state index in [1.165, 1.54) is 22.3 Å². The summed E-state index contributed by atoms with van der Waals surface area (Å²) >= 11 is -3.32. The molecule has 0 bridgehead atoms. The van der Waals surface area contributed by atoms with E-state index >= 15 is 0 Å². The van der Waals surface area contributed by atoms with Crippen LogP contribution >= 0.6 is 24.8 Å². The minimum absolute atomic E-state index is 0. The molecule has 0 saturated heterocycles. The Balaban J connectivity index is 0.00000144. The summed E-state index contributed by atoms with van der Waals surface area (Å²) in [6.07, 6.45) is 4.94. The van der Waals surface area contributed by atoms with Crippen LogP contribution in [-0.2, 0) is 17.4 Å². The minimum atomic E-state index is -3.32. The van der Waals surface area contributed by atoms with Crippen molar-refractivity contribution in [1.82, 2.24) is 0 Å². The fraction of sp³-hybridized carbons (Fsp3) is 0.214. The Bertz CT molecular complexity index is 1300. The smallest absolute Gasteiger partial charge is 0.147 e. The van der Waals surface area contributed by atoms with E-state index < -0.39 is 17.4 Å². The molecular formula is C28H32Cl2SiZr.